The number of rotatable bonds is 6. The van der Waals surface area contributed by atoms with Crippen LogP contribution in [0.3, 0.4) is 0 Å². The number of para-hydroxylation sites is 1. The van der Waals surface area contributed by atoms with Crippen LogP contribution in [0.15, 0.2) is 95.9 Å². The first kappa shape index (κ1) is 20.1. The minimum atomic E-state index is -0.583. The van der Waals surface area contributed by atoms with Gasteiger partial charge in [-0.2, -0.15) is 5.10 Å². The standard InChI is InChI=1S/C24H17N5O4/c30-24(18-10-11-19(20(12-18)29(31)32)28-15-25-14-26-28)27-23(16-6-2-1-3-7-16)22-13-17-8-4-5-9-21(17)33-22/h1-15,23H,(H,27,30). The molecule has 0 radical (unpaired) electrons. The molecule has 1 atom stereocenters. The quantitative estimate of drug-likeness (QED) is 0.309. The highest BCUT2D eigenvalue weighted by Gasteiger charge is 2.24. The highest BCUT2D eigenvalue weighted by atomic mass is 16.6. The summed E-state index contributed by atoms with van der Waals surface area (Å²) in [5.41, 5.74) is 1.62. The molecule has 0 saturated carbocycles. The largest absolute Gasteiger partial charge is 0.459 e. The maximum atomic E-state index is 13.2. The molecule has 3 aromatic carbocycles. The second-order valence-electron chi connectivity index (χ2n) is 7.30. The number of hydrogen-bond acceptors (Lipinski definition) is 6. The topological polar surface area (TPSA) is 116 Å². The highest BCUT2D eigenvalue weighted by Crippen LogP contribution is 2.29. The Kier molecular flexibility index (Phi) is 5.12. The number of carbonyl (C=O) groups is 1. The van der Waals surface area contributed by atoms with Crippen molar-refractivity contribution in [2.45, 2.75) is 6.04 Å². The molecule has 1 N–H and O–H groups in total. The van der Waals surface area contributed by atoms with Crippen molar-refractivity contribution in [2.24, 2.45) is 0 Å². The molecule has 33 heavy (non-hydrogen) atoms. The van der Waals surface area contributed by atoms with Crippen LogP contribution in [-0.2, 0) is 0 Å². The zero-order valence-electron chi connectivity index (χ0n) is 17.2. The molecule has 0 fully saturated rings. The van der Waals surface area contributed by atoms with Gasteiger partial charge in [0.1, 0.15) is 35.7 Å². The average Bonchev–Trinajstić information content (AvgIpc) is 3.52. The fourth-order valence-electron chi connectivity index (χ4n) is 3.66. The SMILES string of the molecule is O=C(NC(c1ccccc1)c1cc2ccccc2o1)c1ccc(-n2cncn2)c([N+](=O)[O-])c1. The van der Waals surface area contributed by atoms with Crippen LogP contribution in [0.2, 0.25) is 0 Å². The van der Waals surface area contributed by atoms with Crippen molar-refractivity contribution in [1.29, 1.82) is 0 Å². The molecule has 162 valence electrons. The van der Waals surface area contributed by atoms with Gasteiger partial charge in [0, 0.05) is 17.0 Å². The smallest absolute Gasteiger partial charge is 0.295 e. The van der Waals surface area contributed by atoms with Crippen LogP contribution >= 0.6 is 0 Å². The number of fused-ring (bicyclic) bond motifs is 1. The lowest BCUT2D eigenvalue weighted by molar-refractivity contribution is -0.384. The lowest BCUT2D eigenvalue weighted by Gasteiger charge is -2.17. The fourth-order valence-corrected chi connectivity index (χ4v) is 3.66. The summed E-state index contributed by atoms with van der Waals surface area (Å²) in [5, 5.41) is 19.5. The van der Waals surface area contributed by atoms with E-state index in [1.54, 1.807) is 0 Å². The van der Waals surface area contributed by atoms with E-state index < -0.39 is 16.9 Å². The van der Waals surface area contributed by atoms with Gasteiger partial charge in [-0.1, -0.05) is 48.5 Å². The monoisotopic (exact) mass is 439 g/mol. The lowest BCUT2D eigenvalue weighted by Crippen LogP contribution is -2.29. The molecule has 9 heteroatoms. The number of aromatic nitrogens is 3. The Balaban J connectivity index is 1.51. The Morgan fingerprint density at radius 2 is 1.82 bits per heavy atom. The molecule has 0 aliphatic carbocycles. The van der Waals surface area contributed by atoms with Crippen molar-refractivity contribution in [1.82, 2.24) is 20.1 Å². The van der Waals surface area contributed by atoms with Gasteiger partial charge in [-0.25, -0.2) is 9.67 Å². The zero-order chi connectivity index (χ0) is 22.8. The summed E-state index contributed by atoms with van der Waals surface area (Å²) in [4.78, 5) is 28.1. The summed E-state index contributed by atoms with van der Waals surface area (Å²) in [5.74, 6) is 0.0852. The van der Waals surface area contributed by atoms with Crippen molar-refractivity contribution in [3.63, 3.8) is 0 Å². The van der Waals surface area contributed by atoms with Crippen LogP contribution in [0.1, 0.15) is 27.7 Å². The van der Waals surface area contributed by atoms with E-state index in [2.05, 4.69) is 15.4 Å². The number of nitrogens with one attached hydrogen (secondary N) is 1. The Hall–Kier alpha value is -4.79. The van der Waals surface area contributed by atoms with Gasteiger partial charge in [0.2, 0.25) is 0 Å². The number of nitro groups is 1. The number of carbonyl (C=O) groups excluding carboxylic acids is 1. The predicted molar refractivity (Wildman–Crippen MR) is 120 cm³/mol. The molecule has 2 heterocycles. The number of furan rings is 1. The molecule has 0 aliphatic heterocycles. The summed E-state index contributed by atoms with van der Waals surface area (Å²) >= 11 is 0. The van der Waals surface area contributed by atoms with E-state index in [0.717, 1.165) is 10.9 Å². The van der Waals surface area contributed by atoms with Gasteiger partial charge < -0.3 is 9.73 Å². The molecule has 0 bridgehead atoms. The van der Waals surface area contributed by atoms with Crippen molar-refractivity contribution in [2.75, 3.05) is 0 Å². The van der Waals surface area contributed by atoms with E-state index >= 15 is 0 Å². The van der Waals surface area contributed by atoms with Crippen LogP contribution in [0.4, 0.5) is 5.69 Å². The minimum absolute atomic E-state index is 0.141. The van der Waals surface area contributed by atoms with Crippen LogP contribution in [0.5, 0.6) is 0 Å². The molecule has 2 aromatic heterocycles. The third kappa shape index (κ3) is 3.94. The van der Waals surface area contributed by atoms with E-state index in [9.17, 15) is 14.9 Å². The van der Waals surface area contributed by atoms with Gasteiger partial charge in [-0.3, -0.25) is 14.9 Å². The number of nitrogens with zero attached hydrogens (tertiary/aromatic N) is 4. The van der Waals surface area contributed by atoms with Crippen LogP contribution in [0, 0.1) is 10.1 Å². The molecule has 1 amide bonds. The van der Waals surface area contributed by atoms with Crippen molar-refractivity contribution in [3.8, 4) is 5.69 Å². The second kappa shape index (κ2) is 8.39. The predicted octanol–water partition coefficient (Wildman–Crippen LogP) is 4.44. The molecule has 0 spiro atoms. The van der Waals surface area contributed by atoms with Crippen molar-refractivity contribution in [3.05, 3.63) is 119 Å². The molecule has 0 saturated heterocycles. The van der Waals surface area contributed by atoms with Crippen molar-refractivity contribution >= 4 is 22.6 Å². The summed E-state index contributed by atoms with van der Waals surface area (Å²) in [6.07, 6.45) is 2.64. The number of benzene rings is 3. The molecule has 5 rings (SSSR count). The van der Waals surface area contributed by atoms with E-state index in [0.29, 0.717) is 11.3 Å². The minimum Gasteiger partial charge on any atom is -0.459 e. The Labute approximate surface area is 187 Å². The number of nitro benzene ring substituents is 1. The van der Waals surface area contributed by atoms with E-state index in [1.165, 1.54) is 35.5 Å². The maximum absolute atomic E-state index is 13.2. The second-order valence-corrected chi connectivity index (χ2v) is 7.30. The highest BCUT2D eigenvalue weighted by molar-refractivity contribution is 5.96. The van der Waals surface area contributed by atoms with Gasteiger partial charge in [-0.05, 0) is 29.8 Å². The van der Waals surface area contributed by atoms with Gasteiger partial charge in [0.25, 0.3) is 11.6 Å². The Morgan fingerprint density at radius 1 is 1.03 bits per heavy atom. The van der Waals surface area contributed by atoms with Gasteiger partial charge in [0.05, 0.1) is 4.92 Å². The van der Waals surface area contributed by atoms with Gasteiger partial charge >= 0.3 is 0 Å². The molecule has 0 aliphatic rings. The van der Waals surface area contributed by atoms with Gasteiger partial charge in [-0.15, -0.1) is 0 Å². The summed E-state index contributed by atoms with van der Waals surface area (Å²) in [6, 6.07) is 22.5. The molecule has 5 aromatic rings. The normalized spacial score (nSPS) is 11.9. The first-order valence-corrected chi connectivity index (χ1v) is 10.1. The Morgan fingerprint density at radius 3 is 2.55 bits per heavy atom. The summed E-state index contributed by atoms with van der Waals surface area (Å²) in [6.45, 7) is 0. The molecular weight excluding hydrogens is 422 g/mol. The van der Waals surface area contributed by atoms with Crippen molar-refractivity contribution < 1.29 is 14.1 Å². The average molecular weight is 439 g/mol. The number of amides is 1. The molecule has 1 unspecified atom stereocenters. The summed E-state index contributed by atoms with van der Waals surface area (Å²) in [7, 11) is 0. The summed E-state index contributed by atoms with van der Waals surface area (Å²) < 4.78 is 7.29. The van der Waals surface area contributed by atoms with E-state index in [4.69, 9.17) is 4.42 Å². The molecular formula is C24H17N5O4. The third-order valence-electron chi connectivity index (χ3n) is 5.24. The number of hydrogen-bond donors (Lipinski definition) is 1. The fraction of sp³-hybridized carbons (Fsp3) is 0.0417. The first-order chi connectivity index (χ1) is 16.1. The van der Waals surface area contributed by atoms with Crippen LogP contribution < -0.4 is 5.32 Å². The molecule has 9 nitrogen and oxygen atoms in total. The first-order valence-electron chi connectivity index (χ1n) is 10.1. The lowest BCUT2D eigenvalue weighted by atomic mass is 10.0. The Bertz CT molecular complexity index is 1410. The van der Waals surface area contributed by atoms with Crippen LogP contribution in [-0.4, -0.2) is 25.6 Å². The maximum Gasteiger partial charge on any atom is 0.295 e. The van der Waals surface area contributed by atoms with Crippen LogP contribution in [0.25, 0.3) is 16.7 Å². The van der Waals surface area contributed by atoms with E-state index in [1.807, 2.05) is 60.7 Å². The van der Waals surface area contributed by atoms with Gasteiger partial charge in [0.15, 0.2) is 0 Å². The van der Waals surface area contributed by atoms with E-state index in [-0.39, 0.29) is 16.9 Å². The third-order valence-corrected chi connectivity index (χ3v) is 5.24. The zero-order valence-corrected chi connectivity index (χ0v) is 17.2.